The van der Waals surface area contributed by atoms with Gasteiger partial charge in [-0.2, -0.15) is 0 Å². The highest BCUT2D eigenvalue weighted by atomic mass is 15.0. The van der Waals surface area contributed by atoms with Crippen LogP contribution in [0.25, 0.3) is 10.9 Å². The first-order valence-electron chi connectivity index (χ1n) is 6.08. The number of nitrogens with two attached hydrogens (primary N) is 1. The quantitative estimate of drug-likeness (QED) is 0.685. The standard InChI is InChI=1S/C15H14N4/c1-10-17-14-5-3-2-4-13(14)15(18-10)19-12-8-6-11(16)7-9-12/h2-9H,16H2,1H3,(H,17,18,19). The van der Waals surface area contributed by atoms with E-state index < -0.39 is 0 Å². The number of hydrogen-bond donors (Lipinski definition) is 2. The maximum atomic E-state index is 5.68. The molecule has 0 amide bonds. The summed E-state index contributed by atoms with van der Waals surface area (Å²) < 4.78 is 0. The van der Waals surface area contributed by atoms with Crippen LogP contribution in [0.2, 0.25) is 0 Å². The van der Waals surface area contributed by atoms with Gasteiger partial charge in [0.2, 0.25) is 0 Å². The molecular formula is C15H14N4. The lowest BCUT2D eigenvalue weighted by Crippen LogP contribution is -1.99. The number of hydrogen-bond acceptors (Lipinski definition) is 4. The van der Waals surface area contributed by atoms with E-state index in [4.69, 9.17) is 5.73 Å². The molecule has 1 heterocycles. The molecule has 94 valence electrons. The molecule has 0 unspecified atom stereocenters. The Morgan fingerprint density at radius 2 is 1.68 bits per heavy atom. The van der Waals surface area contributed by atoms with Crippen molar-refractivity contribution in [2.75, 3.05) is 11.1 Å². The summed E-state index contributed by atoms with van der Waals surface area (Å²) in [5.74, 6) is 1.56. The lowest BCUT2D eigenvalue weighted by atomic mass is 10.2. The van der Waals surface area contributed by atoms with Gasteiger partial charge in [-0.05, 0) is 43.3 Å². The number of nitrogens with zero attached hydrogens (tertiary/aromatic N) is 2. The number of aryl methyl sites for hydroxylation is 1. The molecule has 0 aliphatic carbocycles. The monoisotopic (exact) mass is 250 g/mol. The summed E-state index contributed by atoms with van der Waals surface area (Å²) in [5.41, 5.74) is 8.32. The van der Waals surface area contributed by atoms with E-state index in [1.807, 2.05) is 55.5 Å². The van der Waals surface area contributed by atoms with E-state index in [9.17, 15) is 0 Å². The van der Waals surface area contributed by atoms with Crippen molar-refractivity contribution in [3.05, 3.63) is 54.4 Å². The molecule has 0 atom stereocenters. The molecule has 1 aromatic heterocycles. The second-order valence-corrected chi connectivity index (χ2v) is 4.38. The molecule has 0 spiro atoms. The number of nitrogens with one attached hydrogen (secondary N) is 1. The Hall–Kier alpha value is -2.62. The Balaban J connectivity index is 2.07. The van der Waals surface area contributed by atoms with E-state index in [0.717, 1.165) is 33.9 Å². The van der Waals surface area contributed by atoms with Gasteiger partial charge in [0.15, 0.2) is 0 Å². The van der Waals surface area contributed by atoms with Gasteiger partial charge in [0.05, 0.1) is 5.52 Å². The van der Waals surface area contributed by atoms with Crippen molar-refractivity contribution < 1.29 is 0 Å². The number of aromatic nitrogens is 2. The maximum Gasteiger partial charge on any atom is 0.142 e. The van der Waals surface area contributed by atoms with E-state index in [1.165, 1.54) is 0 Å². The van der Waals surface area contributed by atoms with Gasteiger partial charge < -0.3 is 11.1 Å². The van der Waals surface area contributed by atoms with Crippen molar-refractivity contribution in [1.29, 1.82) is 0 Å². The Morgan fingerprint density at radius 3 is 2.47 bits per heavy atom. The third-order valence-electron chi connectivity index (χ3n) is 2.89. The van der Waals surface area contributed by atoms with Crippen molar-refractivity contribution in [2.45, 2.75) is 6.92 Å². The van der Waals surface area contributed by atoms with Crippen LogP contribution < -0.4 is 11.1 Å². The highest BCUT2D eigenvalue weighted by molar-refractivity contribution is 5.90. The number of rotatable bonds is 2. The molecule has 0 aliphatic heterocycles. The summed E-state index contributed by atoms with van der Waals surface area (Å²) in [6.45, 7) is 1.89. The Morgan fingerprint density at radius 1 is 0.947 bits per heavy atom. The van der Waals surface area contributed by atoms with Gasteiger partial charge in [-0.15, -0.1) is 0 Å². The fraction of sp³-hybridized carbons (Fsp3) is 0.0667. The average molecular weight is 250 g/mol. The minimum absolute atomic E-state index is 0.745. The zero-order chi connectivity index (χ0) is 13.2. The summed E-state index contributed by atoms with van der Waals surface area (Å²) in [6, 6.07) is 15.5. The molecule has 0 bridgehead atoms. The first-order chi connectivity index (χ1) is 9.22. The molecule has 4 heteroatoms. The van der Waals surface area contributed by atoms with Gasteiger partial charge in [0.1, 0.15) is 11.6 Å². The van der Waals surface area contributed by atoms with Crippen molar-refractivity contribution in [2.24, 2.45) is 0 Å². The minimum Gasteiger partial charge on any atom is -0.399 e. The number of anilines is 3. The highest BCUT2D eigenvalue weighted by Gasteiger charge is 2.05. The molecule has 0 saturated heterocycles. The molecule has 4 nitrogen and oxygen atoms in total. The van der Waals surface area contributed by atoms with Crippen LogP contribution >= 0.6 is 0 Å². The van der Waals surface area contributed by atoms with Crippen molar-refractivity contribution in [1.82, 2.24) is 9.97 Å². The SMILES string of the molecule is Cc1nc(Nc2ccc(N)cc2)c2ccccc2n1. The lowest BCUT2D eigenvalue weighted by molar-refractivity contribution is 1.09. The van der Waals surface area contributed by atoms with Gasteiger partial charge in [-0.3, -0.25) is 0 Å². The predicted octanol–water partition coefficient (Wildman–Crippen LogP) is 3.26. The first-order valence-corrected chi connectivity index (χ1v) is 6.08. The smallest absolute Gasteiger partial charge is 0.142 e. The number of para-hydroxylation sites is 1. The number of nitrogen functional groups attached to an aromatic ring is 1. The molecule has 0 fully saturated rings. The van der Waals surface area contributed by atoms with Crippen LogP contribution in [-0.2, 0) is 0 Å². The van der Waals surface area contributed by atoms with Crippen LogP contribution in [0.5, 0.6) is 0 Å². The van der Waals surface area contributed by atoms with Crippen LogP contribution in [0, 0.1) is 6.92 Å². The summed E-state index contributed by atoms with van der Waals surface area (Å²) in [4.78, 5) is 8.89. The van der Waals surface area contributed by atoms with Gasteiger partial charge in [0.25, 0.3) is 0 Å². The molecule has 3 N–H and O–H groups in total. The fourth-order valence-electron chi connectivity index (χ4n) is 1.99. The van der Waals surface area contributed by atoms with E-state index >= 15 is 0 Å². The predicted molar refractivity (Wildman–Crippen MR) is 78.4 cm³/mol. The Labute approximate surface area is 111 Å². The summed E-state index contributed by atoms with van der Waals surface area (Å²) in [5, 5.41) is 4.31. The molecule has 3 rings (SSSR count). The molecule has 2 aromatic carbocycles. The van der Waals surface area contributed by atoms with Gasteiger partial charge in [-0.25, -0.2) is 9.97 Å². The van der Waals surface area contributed by atoms with E-state index in [-0.39, 0.29) is 0 Å². The van der Waals surface area contributed by atoms with Crippen LogP contribution in [0.1, 0.15) is 5.82 Å². The first kappa shape index (κ1) is 11.5. The maximum absolute atomic E-state index is 5.68. The summed E-state index contributed by atoms with van der Waals surface area (Å²) in [7, 11) is 0. The fourth-order valence-corrected chi connectivity index (χ4v) is 1.99. The molecule has 3 aromatic rings. The second kappa shape index (κ2) is 4.57. The molecular weight excluding hydrogens is 236 g/mol. The zero-order valence-corrected chi connectivity index (χ0v) is 10.6. The summed E-state index contributed by atoms with van der Waals surface area (Å²) >= 11 is 0. The number of benzene rings is 2. The second-order valence-electron chi connectivity index (χ2n) is 4.38. The molecule has 19 heavy (non-hydrogen) atoms. The summed E-state index contributed by atoms with van der Waals surface area (Å²) in [6.07, 6.45) is 0. The van der Waals surface area contributed by atoms with Gasteiger partial charge in [0, 0.05) is 16.8 Å². The van der Waals surface area contributed by atoms with Gasteiger partial charge in [-0.1, -0.05) is 12.1 Å². The van der Waals surface area contributed by atoms with E-state index in [0.29, 0.717) is 0 Å². The molecule has 0 aliphatic rings. The van der Waals surface area contributed by atoms with Crippen LogP contribution in [0.3, 0.4) is 0 Å². The normalized spacial score (nSPS) is 10.6. The van der Waals surface area contributed by atoms with Crippen LogP contribution in [-0.4, -0.2) is 9.97 Å². The molecule has 0 radical (unpaired) electrons. The topological polar surface area (TPSA) is 63.8 Å². The third kappa shape index (κ3) is 2.33. The Bertz CT molecular complexity index is 720. The van der Waals surface area contributed by atoms with E-state index in [1.54, 1.807) is 0 Å². The van der Waals surface area contributed by atoms with Crippen LogP contribution in [0.4, 0.5) is 17.2 Å². The third-order valence-corrected chi connectivity index (χ3v) is 2.89. The van der Waals surface area contributed by atoms with Crippen molar-refractivity contribution in [3.8, 4) is 0 Å². The lowest BCUT2D eigenvalue weighted by Gasteiger charge is -2.09. The average Bonchev–Trinajstić information content (AvgIpc) is 2.41. The largest absolute Gasteiger partial charge is 0.399 e. The van der Waals surface area contributed by atoms with Crippen LogP contribution in [0.15, 0.2) is 48.5 Å². The zero-order valence-electron chi connectivity index (χ0n) is 10.6. The van der Waals surface area contributed by atoms with E-state index in [2.05, 4.69) is 15.3 Å². The highest BCUT2D eigenvalue weighted by Crippen LogP contribution is 2.23. The number of fused-ring (bicyclic) bond motifs is 1. The van der Waals surface area contributed by atoms with Crippen molar-refractivity contribution >= 4 is 28.1 Å². The molecule has 0 saturated carbocycles. The Kier molecular flexibility index (Phi) is 2.76. The van der Waals surface area contributed by atoms with Crippen molar-refractivity contribution in [3.63, 3.8) is 0 Å². The minimum atomic E-state index is 0.745. The van der Waals surface area contributed by atoms with Gasteiger partial charge >= 0.3 is 0 Å².